The molecule has 1 aliphatic rings. The molecule has 0 fully saturated rings. The third-order valence-corrected chi connectivity index (χ3v) is 7.54. The molecule has 0 aliphatic heterocycles. The van der Waals surface area contributed by atoms with Gasteiger partial charge in [0.25, 0.3) is 0 Å². The molecule has 0 unspecified atom stereocenters. The number of hydrogen-bond donors (Lipinski definition) is 2. The summed E-state index contributed by atoms with van der Waals surface area (Å²) in [6.07, 6.45) is 2.09. The molecule has 6 aromatic rings. The number of aromatic nitrogens is 4. The van der Waals surface area contributed by atoms with Crippen LogP contribution in [0.15, 0.2) is 48.5 Å². The highest BCUT2D eigenvalue weighted by Crippen LogP contribution is 2.39. The lowest BCUT2D eigenvalue weighted by Gasteiger charge is -2.16. The van der Waals surface area contributed by atoms with E-state index in [0.29, 0.717) is 0 Å². The fourth-order valence-electron chi connectivity index (χ4n) is 5.00. The first-order valence-electron chi connectivity index (χ1n) is 10.6. The number of fused-ring (bicyclic) bond motifs is 7. The van der Waals surface area contributed by atoms with E-state index in [0.717, 1.165) is 41.2 Å². The molecule has 3 heterocycles. The van der Waals surface area contributed by atoms with Gasteiger partial charge in [-0.05, 0) is 61.6 Å². The monoisotopic (exact) mass is 420 g/mol. The van der Waals surface area contributed by atoms with Gasteiger partial charge in [-0.2, -0.15) is 0 Å². The minimum atomic E-state index is 0.962. The standard InChI is InChI=1S/C26H20N4S/c1-13-28-22-11-20-19-7-4-16(10-24(19)31-25(20)12-23(22)29-13)15-3-6-18-17(9-15)5-8-21-26(18)30-14(2)27-21/h3-4,6-7,9-12H,5,8H2,1-2H3,(H,27,30)(H,28,29). The number of nitrogens with zero attached hydrogens (tertiary/aromatic N) is 2. The molecule has 3 aromatic heterocycles. The first kappa shape index (κ1) is 17.3. The van der Waals surface area contributed by atoms with E-state index in [1.54, 1.807) is 0 Å². The maximum absolute atomic E-state index is 4.72. The van der Waals surface area contributed by atoms with Crippen LogP contribution in [0.4, 0.5) is 0 Å². The van der Waals surface area contributed by atoms with E-state index >= 15 is 0 Å². The fraction of sp³-hybridized carbons (Fsp3) is 0.154. The van der Waals surface area contributed by atoms with Crippen LogP contribution in [-0.2, 0) is 12.8 Å². The van der Waals surface area contributed by atoms with Crippen molar-refractivity contribution in [1.82, 2.24) is 19.9 Å². The summed E-state index contributed by atoms with van der Waals surface area (Å²) in [5.74, 6) is 1.96. The summed E-state index contributed by atoms with van der Waals surface area (Å²) in [6.45, 7) is 4.04. The van der Waals surface area contributed by atoms with Crippen molar-refractivity contribution < 1.29 is 0 Å². The SMILES string of the molecule is Cc1nc2c([nH]1)CCc1cc(-c3ccc4c(c3)sc3cc5nc(C)[nH]c5cc34)ccc1-2. The van der Waals surface area contributed by atoms with Crippen LogP contribution < -0.4 is 0 Å². The van der Waals surface area contributed by atoms with Crippen LogP contribution in [0, 0.1) is 13.8 Å². The van der Waals surface area contributed by atoms with Crippen molar-refractivity contribution in [3.8, 4) is 22.4 Å². The topological polar surface area (TPSA) is 57.4 Å². The zero-order valence-electron chi connectivity index (χ0n) is 17.3. The van der Waals surface area contributed by atoms with E-state index in [4.69, 9.17) is 4.98 Å². The van der Waals surface area contributed by atoms with Crippen molar-refractivity contribution in [2.75, 3.05) is 0 Å². The van der Waals surface area contributed by atoms with Crippen molar-refractivity contribution in [2.45, 2.75) is 26.7 Å². The van der Waals surface area contributed by atoms with Gasteiger partial charge in [0, 0.05) is 31.4 Å². The molecule has 0 saturated heterocycles. The van der Waals surface area contributed by atoms with Crippen LogP contribution in [0.5, 0.6) is 0 Å². The smallest absolute Gasteiger partial charge is 0.104 e. The molecule has 5 heteroatoms. The second-order valence-electron chi connectivity index (χ2n) is 8.52. The Morgan fingerprint density at radius 1 is 0.774 bits per heavy atom. The van der Waals surface area contributed by atoms with E-state index in [1.165, 1.54) is 48.1 Å². The van der Waals surface area contributed by atoms with Gasteiger partial charge in [0.2, 0.25) is 0 Å². The van der Waals surface area contributed by atoms with Crippen molar-refractivity contribution in [2.24, 2.45) is 0 Å². The van der Waals surface area contributed by atoms with Crippen molar-refractivity contribution in [3.63, 3.8) is 0 Å². The first-order valence-corrected chi connectivity index (χ1v) is 11.5. The van der Waals surface area contributed by atoms with E-state index in [9.17, 15) is 0 Å². The van der Waals surface area contributed by atoms with Crippen LogP contribution in [0.25, 0.3) is 53.6 Å². The highest BCUT2D eigenvalue weighted by atomic mass is 32.1. The molecule has 150 valence electrons. The molecular weight excluding hydrogens is 400 g/mol. The molecule has 0 saturated carbocycles. The highest BCUT2D eigenvalue weighted by molar-refractivity contribution is 7.25. The summed E-state index contributed by atoms with van der Waals surface area (Å²) in [6, 6.07) is 18.1. The summed E-state index contributed by atoms with van der Waals surface area (Å²) in [7, 11) is 0. The minimum Gasteiger partial charge on any atom is -0.346 e. The van der Waals surface area contributed by atoms with E-state index in [1.807, 2.05) is 25.2 Å². The van der Waals surface area contributed by atoms with Gasteiger partial charge in [-0.15, -0.1) is 11.3 Å². The van der Waals surface area contributed by atoms with E-state index < -0.39 is 0 Å². The van der Waals surface area contributed by atoms with Crippen LogP contribution in [0.1, 0.15) is 22.9 Å². The van der Waals surface area contributed by atoms with Gasteiger partial charge >= 0.3 is 0 Å². The maximum atomic E-state index is 4.72. The number of aromatic amines is 2. The van der Waals surface area contributed by atoms with Crippen molar-refractivity contribution >= 4 is 42.5 Å². The molecule has 31 heavy (non-hydrogen) atoms. The van der Waals surface area contributed by atoms with Gasteiger partial charge in [-0.25, -0.2) is 9.97 Å². The Bertz CT molecular complexity index is 1660. The summed E-state index contributed by atoms with van der Waals surface area (Å²) < 4.78 is 2.61. The van der Waals surface area contributed by atoms with Gasteiger partial charge in [0.15, 0.2) is 0 Å². The number of rotatable bonds is 1. The number of aryl methyl sites for hydroxylation is 4. The van der Waals surface area contributed by atoms with Crippen LogP contribution in [-0.4, -0.2) is 19.9 Å². The normalized spacial score (nSPS) is 13.2. The number of nitrogens with one attached hydrogen (secondary N) is 2. The molecule has 0 radical (unpaired) electrons. The second-order valence-corrected chi connectivity index (χ2v) is 9.61. The highest BCUT2D eigenvalue weighted by Gasteiger charge is 2.20. The number of H-pyrrole nitrogens is 2. The zero-order chi connectivity index (χ0) is 20.7. The summed E-state index contributed by atoms with van der Waals surface area (Å²) >= 11 is 1.85. The third-order valence-electron chi connectivity index (χ3n) is 6.43. The van der Waals surface area contributed by atoms with Crippen LogP contribution in [0.2, 0.25) is 0 Å². The van der Waals surface area contributed by atoms with Crippen LogP contribution in [0.3, 0.4) is 0 Å². The summed E-state index contributed by atoms with van der Waals surface area (Å²) in [4.78, 5) is 16.1. The molecule has 0 atom stereocenters. The number of hydrogen-bond acceptors (Lipinski definition) is 3. The Balaban J connectivity index is 1.36. The second kappa shape index (κ2) is 6.05. The molecule has 3 aromatic carbocycles. The molecule has 0 amide bonds. The van der Waals surface area contributed by atoms with Gasteiger partial charge in [-0.1, -0.05) is 30.3 Å². The lowest BCUT2D eigenvalue weighted by Crippen LogP contribution is -2.03. The molecule has 0 bridgehead atoms. The number of imidazole rings is 2. The quantitative estimate of drug-likeness (QED) is 0.311. The Kier molecular flexibility index (Phi) is 3.37. The molecule has 4 nitrogen and oxygen atoms in total. The van der Waals surface area contributed by atoms with Gasteiger partial charge in [0.05, 0.1) is 16.7 Å². The number of benzene rings is 3. The van der Waals surface area contributed by atoms with Crippen LogP contribution >= 0.6 is 11.3 Å². The van der Waals surface area contributed by atoms with Gasteiger partial charge in [-0.3, -0.25) is 0 Å². The Hall–Kier alpha value is -3.44. The predicted octanol–water partition coefficient (Wildman–Crippen LogP) is 6.70. The largest absolute Gasteiger partial charge is 0.346 e. The Morgan fingerprint density at radius 3 is 2.52 bits per heavy atom. The Morgan fingerprint density at radius 2 is 1.58 bits per heavy atom. The third kappa shape index (κ3) is 2.53. The molecule has 0 spiro atoms. The first-order chi connectivity index (χ1) is 15.1. The zero-order valence-corrected chi connectivity index (χ0v) is 18.2. The molecule has 7 rings (SSSR count). The minimum absolute atomic E-state index is 0.962. The lowest BCUT2D eigenvalue weighted by atomic mass is 9.89. The van der Waals surface area contributed by atoms with Gasteiger partial charge < -0.3 is 9.97 Å². The predicted molar refractivity (Wildman–Crippen MR) is 129 cm³/mol. The van der Waals surface area contributed by atoms with E-state index in [-0.39, 0.29) is 0 Å². The fourth-order valence-corrected chi connectivity index (χ4v) is 6.16. The Labute approximate surface area is 183 Å². The number of thiophene rings is 1. The van der Waals surface area contributed by atoms with Crippen molar-refractivity contribution in [1.29, 1.82) is 0 Å². The average molecular weight is 421 g/mol. The van der Waals surface area contributed by atoms with Crippen molar-refractivity contribution in [3.05, 3.63) is 71.4 Å². The van der Waals surface area contributed by atoms with Gasteiger partial charge in [0.1, 0.15) is 11.6 Å². The lowest BCUT2D eigenvalue weighted by molar-refractivity contribution is 0.905. The molecule has 1 aliphatic carbocycles. The summed E-state index contributed by atoms with van der Waals surface area (Å²) in [5, 5.41) is 2.61. The molecular formula is C26H20N4S. The maximum Gasteiger partial charge on any atom is 0.104 e. The average Bonchev–Trinajstić information content (AvgIpc) is 3.43. The summed E-state index contributed by atoms with van der Waals surface area (Å²) in [5.41, 5.74) is 9.76. The van der Waals surface area contributed by atoms with E-state index in [2.05, 4.69) is 63.5 Å². The molecule has 2 N–H and O–H groups in total.